The SMILES string of the molecule is C=C(/C=N\c1nc(CCCC)cn1C)OC/C(=C/F)CN. The zero-order valence-electron chi connectivity index (χ0n) is 12.7. The number of hydrogen-bond donors (Lipinski definition) is 1. The fraction of sp³-hybridized carbons (Fsp3) is 0.467. The van der Waals surface area contributed by atoms with Crippen LogP contribution in [-0.2, 0) is 18.2 Å². The van der Waals surface area contributed by atoms with Crippen LogP contribution in [0.25, 0.3) is 0 Å². The molecule has 1 rings (SSSR count). The molecule has 6 heteroatoms. The van der Waals surface area contributed by atoms with Crippen LogP contribution >= 0.6 is 0 Å². The molecule has 5 nitrogen and oxygen atoms in total. The van der Waals surface area contributed by atoms with Crippen LogP contribution < -0.4 is 5.73 Å². The summed E-state index contributed by atoms with van der Waals surface area (Å²) in [5.74, 6) is 0.923. The van der Waals surface area contributed by atoms with Gasteiger partial charge in [-0.3, -0.25) is 0 Å². The van der Waals surface area contributed by atoms with Crippen LogP contribution in [0.3, 0.4) is 0 Å². The molecule has 0 spiro atoms. The largest absolute Gasteiger partial charge is 0.488 e. The highest BCUT2D eigenvalue weighted by molar-refractivity contribution is 5.77. The van der Waals surface area contributed by atoms with Crippen LogP contribution in [-0.4, -0.2) is 28.9 Å². The molecule has 116 valence electrons. The second kappa shape index (κ2) is 9.07. The first-order valence-electron chi connectivity index (χ1n) is 6.96. The van der Waals surface area contributed by atoms with Crippen LogP contribution in [0.5, 0.6) is 0 Å². The summed E-state index contributed by atoms with van der Waals surface area (Å²) in [7, 11) is 1.89. The quantitative estimate of drug-likeness (QED) is 0.562. The molecular formula is C15H23FN4O. The van der Waals surface area contributed by atoms with Crippen molar-refractivity contribution >= 4 is 12.2 Å². The van der Waals surface area contributed by atoms with Crippen molar-refractivity contribution in [1.82, 2.24) is 9.55 Å². The van der Waals surface area contributed by atoms with Crippen LogP contribution in [0.1, 0.15) is 25.5 Å². The minimum absolute atomic E-state index is 0.0696. The van der Waals surface area contributed by atoms with E-state index in [0.717, 1.165) is 25.0 Å². The van der Waals surface area contributed by atoms with Gasteiger partial charge in [-0.25, -0.2) is 14.4 Å². The van der Waals surface area contributed by atoms with Crippen molar-refractivity contribution in [3.8, 4) is 0 Å². The number of aromatic nitrogens is 2. The Bertz CT molecular complexity index is 520. The summed E-state index contributed by atoms with van der Waals surface area (Å²) in [5.41, 5.74) is 6.71. The average molecular weight is 294 g/mol. The molecule has 0 fully saturated rings. The number of imidazole rings is 1. The number of unbranched alkanes of at least 4 members (excludes halogenated alkanes) is 1. The van der Waals surface area contributed by atoms with Gasteiger partial charge in [-0.1, -0.05) is 19.9 Å². The monoisotopic (exact) mass is 294 g/mol. The maximum atomic E-state index is 12.3. The summed E-state index contributed by atoms with van der Waals surface area (Å²) in [5, 5.41) is 0. The summed E-state index contributed by atoms with van der Waals surface area (Å²) in [6.07, 6.45) is 7.06. The summed E-state index contributed by atoms with van der Waals surface area (Å²) in [6.45, 7) is 6.02. The summed E-state index contributed by atoms with van der Waals surface area (Å²) in [6, 6.07) is 0. The van der Waals surface area contributed by atoms with Gasteiger partial charge < -0.3 is 15.0 Å². The van der Waals surface area contributed by atoms with Crippen molar-refractivity contribution in [2.45, 2.75) is 26.2 Å². The van der Waals surface area contributed by atoms with Gasteiger partial charge in [0.25, 0.3) is 0 Å². The van der Waals surface area contributed by atoms with Gasteiger partial charge in [0.15, 0.2) is 0 Å². The number of nitrogens with zero attached hydrogens (tertiary/aromatic N) is 3. The standard InChI is InChI=1S/C15H23FN4O/c1-4-5-6-14-10-20(3)15(19-14)18-9-12(2)21-11-13(7-16)8-17/h7,9-10H,2,4-6,8,11,17H2,1,3H3/b13-7+,18-9-. The molecular weight excluding hydrogens is 271 g/mol. The third-order valence-electron chi connectivity index (χ3n) is 2.87. The Hall–Kier alpha value is -1.95. The normalized spacial score (nSPS) is 12.1. The Morgan fingerprint density at radius 3 is 3.00 bits per heavy atom. The number of aliphatic imine (C=N–C) groups is 1. The number of rotatable bonds is 9. The third kappa shape index (κ3) is 5.91. The second-order valence-electron chi connectivity index (χ2n) is 4.73. The van der Waals surface area contributed by atoms with E-state index in [1.807, 2.05) is 17.8 Å². The van der Waals surface area contributed by atoms with Crippen LogP contribution in [0, 0.1) is 0 Å². The van der Waals surface area contributed by atoms with Crippen molar-refractivity contribution in [2.24, 2.45) is 17.8 Å². The number of ether oxygens (including phenoxy) is 1. The Morgan fingerprint density at radius 1 is 1.62 bits per heavy atom. The lowest BCUT2D eigenvalue weighted by Crippen LogP contribution is -2.08. The predicted octanol–water partition coefficient (Wildman–Crippen LogP) is 2.81. The molecule has 2 N–H and O–H groups in total. The second-order valence-corrected chi connectivity index (χ2v) is 4.73. The Kier molecular flexibility index (Phi) is 7.39. The molecule has 0 aromatic carbocycles. The highest BCUT2D eigenvalue weighted by Gasteiger charge is 2.03. The number of nitrogens with two attached hydrogens (primary N) is 1. The summed E-state index contributed by atoms with van der Waals surface area (Å²) < 4.78 is 19.4. The Labute approximate surface area is 125 Å². The lowest BCUT2D eigenvalue weighted by molar-refractivity contribution is 0.260. The fourth-order valence-corrected chi connectivity index (χ4v) is 1.60. The maximum absolute atomic E-state index is 12.3. The topological polar surface area (TPSA) is 65.4 Å². The van der Waals surface area contributed by atoms with Gasteiger partial charge in [0.05, 0.1) is 18.2 Å². The summed E-state index contributed by atoms with van der Waals surface area (Å²) >= 11 is 0. The number of hydrogen-bond acceptors (Lipinski definition) is 4. The molecule has 0 amide bonds. The van der Waals surface area contributed by atoms with E-state index in [1.54, 1.807) is 0 Å². The van der Waals surface area contributed by atoms with E-state index in [9.17, 15) is 4.39 Å². The van der Waals surface area contributed by atoms with Crippen molar-refractivity contribution in [3.63, 3.8) is 0 Å². The molecule has 0 aliphatic carbocycles. The van der Waals surface area contributed by atoms with Crippen molar-refractivity contribution in [1.29, 1.82) is 0 Å². The third-order valence-corrected chi connectivity index (χ3v) is 2.87. The number of halogens is 1. The number of aryl methyl sites for hydroxylation is 2. The molecule has 0 atom stereocenters. The predicted molar refractivity (Wildman–Crippen MR) is 83.3 cm³/mol. The van der Waals surface area contributed by atoms with E-state index >= 15 is 0 Å². The van der Waals surface area contributed by atoms with Gasteiger partial charge in [0.1, 0.15) is 12.4 Å². The van der Waals surface area contributed by atoms with Crippen LogP contribution in [0.4, 0.5) is 10.3 Å². The molecule has 0 bridgehead atoms. The minimum Gasteiger partial charge on any atom is -0.488 e. The van der Waals surface area contributed by atoms with Crippen molar-refractivity contribution in [3.05, 3.63) is 36.1 Å². The Balaban J connectivity index is 2.55. The zero-order valence-corrected chi connectivity index (χ0v) is 12.7. The molecule has 0 saturated carbocycles. The van der Waals surface area contributed by atoms with E-state index in [-0.39, 0.29) is 13.2 Å². The van der Waals surface area contributed by atoms with Gasteiger partial charge >= 0.3 is 0 Å². The first-order chi connectivity index (χ1) is 10.1. The lowest BCUT2D eigenvalue weighted by atomic mass is 10.2. The van der Waals surface area contributed by atoms with Crippen LogP contribution in [0.2, 0.25) is 0 Å². The maximum Gasteiger partial charge on any atom is 0.229 e. The molecule has 1 aromatic rings. The smallest absolute Gasteiger partial charge is 0.229 e. The molecule has 1 heterocycles. The number of allylic oxidation sites excluding steroid dienone is 1. The first-order valence-corrected chi connectivity index (χ1v) is 6.96. The first kappa shape index (κ1) is 17.1. The highest BCUT2D eigenvalue weighted by Crippen LogP contribution is 2.12. The lowest BCUT2D eigenvalue weighted by Gasteiger charge is -2.05. The van der Waals surface area contributed by atoms with E-state index in [0.29, 0.717) is 23.6 Å². The van der Waals surface area contributed by atoms with Gasteiger partial charge in [-0.05, 0) is 12.8 Å². The van der Waals surface area contributed by atoms with E-state index in [1.165, 1.54) is 6.21 Å². The highest BCUT2D eigenvalue weighted by atomic mass is 19.1. The molecule has 1 aromatic heterocycles. The average Bonchev–Trinajstić information content (AvgIpc) is 2.84. The molecule has 0 saturated heterocycles. The molecule has 0 radical (unpaired) electrons. The Morgan fingerprint density at radius 2 is 2.38 bits per heavy atom. The van der Waals surface area contributed by atoms with E-state index < -0.39 is 0 Å². The zero-order chi connectivity index (χ0) is 15.7. The van der Waals surface area contributed by atoms with Gasteiger partial charge in [-0.15, -0.1) is 0 Å². The molecule has 0 aliphatic rings. The minimum atomic E-state index is 0.0696. The van der Waals surface area contributed by atoms with Gasteiger partial charge in [0, 0.05) is 25.4 Å². The fourth-order valence-electron chi connectivity index (χ4n) is 1.60. The van der Waals surface area contributed by atoms with Gasteiger partial charge in [-0.2, -0.15) is 0 Å². The van der Waals surface area contributed by atoms with Crippen LogP contribution in [0.15, 0.2) is 35.4 Å². The molecule has 0 unspecified atom stereocenters. The molecule has 0 aliphatic heterocycles. The van der Waals surface area contributed by atoms with Gasteiger partial charge in [0.2, 0.25) is 5.95 Å². The van der Waals surface area contributed by atoms with E-state index in [4.69, 9.17) is 10.5 Å². The van der Waals surface area contributed by atoms with E-state index in [2.05, 4.69) is 23.5 Å². The van der Waals surface area contributed by atoms with Crippen molar-refractivity contribution in [2.75, 3.05) is 13.2 Å². The molecule has 21 heavy (non-hydrogen) atoms. The summed E-state index contributed by atoms with van der Waals surface area (Å²) in [4.78, 5) is 8.65. The van der Waals surface area contributed by atoms with Crippen molar-refractivity contribution < 1.29 is 9.13 Å².